The molecule has 0 saturated heterocycles. The summed E-state index contributed by atoms with van der Waals surface area (Å²) in [4.78, 5) is 12.7. The van der Waals surface area contributed by atoms with Crippen LogP contribution in [0.1, 0.15) is 51.5 Å². The number of fused-ring (bicyclic) bond motifs is 1. The fraction of sp³-hybridized carbons (Fsp3) is 0.350. The number of carbonyl (C=O) groups is 1. The first-order chi connectivity index (χ1) is 11.1. The molecule has 0 unspecified atom stereocenters. The highest BCUT2D eigenvalue weighted by atomic mass is 16.5. The van der Waals surface area contributed by atoms with Gasteiger partial charge in [-0.05, 0) is 68.0 Å². The van der Waals surface area contributed by atoms with Crippen molar-refractivity contribution in [2.24, 2.45) is 0 Å². The molecule has 1 amide bonds. The molecule has 0 radical (unpaired) electrons. The molecule has 2 aromatic carbocycles. The maximum absolute atomic E-state index is 12.7. The van der Waals surface area contributed by atoms with Gasteiger partial charge in [-0.25, -0.2) is 0 Å². The van der Waals surface area contributed by atoms with Crippen LogP contribution in [-0.4, -0.2) is 13.0 Å². The van der Waals surface area contributed by atoms with Gasteiger partial charge >= 0.3 is 0 Å². The van der Waals surface area contributed by atoms with E-state index in [2.05, 4.69) is 17.4 Å². The van der Waals surface area contributed by atoms with E-state index in [9.17, 15) is 4.79 Å². The summed E-state index contributed by atoms with van der Waals surface area (Å²) < 4.78 is 5.31. The summed E-state index contributed by atoms with van der Waals surface area (Å²) >= 11 is 0. The van der Waals surface area contributed by atoms with Crippen molar-refractivity contribution in [3.63, 3.8) is 0 Å². The van der Waals surface area contributed by atoms with Crippen molar-refractivity contribution in [3.8, 4) is 5.75 Å². The molecule has 3 rings (SSSR count). The highest BCUT2D eigenvalue weighted by Crippen LogP contribution is 2.32. The zero-order chi connectivity index (χ0) is 16.4. The normalized spacial score (nSPS) is 16.6. The number of amides is 1. The summed E-state index contributed by atoms with van der Waals surface area (Å²) in [5, 5.41) is 3.22. The molecule has 1 aliphatic rings. The van der Waals surface area contributed by atoms with Gasteiger partial charge in [-0.3, -0.25) is 4.79 Å². The molecule has 120 valence electrons. The van der Waals surface area contributed by atoms with E-state index in [1.807, 2.05) is 38.1 Å². The first kappa shape index (κ1) is 15.6. The minimum Gasteiger partial charge on any atom is -0.497 e. The van der Waals surface area contributed by atoms with Crippen molar-refractivity contribution in [1.82, 2.24) is 5.32 Å². The highest BCUT2D eigenvalue weighted by Gasteiger charge is 2.23. The molecule has 0 saturated carbocycles. The second-order valence-corrected chi connectivity index (χ2v) is 6.30. The topological polar surface area (TPSA) is 38.3 Å². The Kier molecular flexibility index (Phi) is 4.37. The molecular weight excluding hydrogens is 286 g/mol. The van der Waals surface area contributed by atoms with Gasteiger partial charge in [-0.1, -0.05) is 23.8 Å². The summed E-state index contributed by atoms with van der Waals surface area (Å²) in [7, 11) is 1.68. The number of ether oxygens (including phenoxy) is 1. The number of aryl methyl sites for hydroxylation is 3. The van der Waals surface area contributed by atoms with Crippen LogP contribution in [0.5, 0.6) is 5.75 Å². The number of hydrogen-bond acceptors (Lipinski definition) is 2. The summed E-state index contributed by atoms with van der Waals surface area (Å²) in [6.45, 7) is 3.99. The molecule has 2 aromatic rings. The average Bonchev–Trinajstić information content (AvgIpc) is 2.56. The molecule has 3 heteroatoms. The van der Waals surface area contributed by atoms with Crippen LogP contribution in [0.3, 0.4) is 0 Å². The van der Waals surface area contributed by atoms with Gasteiger partial charge in [0.25, 0.3) is 5.91 Å². The average molecular weight is 309 g/mol. The van der Waals surface area contributed by atoms with E-state index in [1.165, 1.54) is 11.1 Å². The highest BCUT2D eigenvalue weighted by molar-refractivity contribution is 5.96. The van der Waals surface area contributed by atoms with Gasteiger partial charge in [0.2, 0.25) is 0 Å². The first-order valence-corrected chi connectivity index (χ1v) is 8.13. The Morgan fingerprint density at radius 2 is 2.00 bits per heavy atom. The molecular formula is C20H23NO2. The van der Waals surface area contributed by atoms with Gasteiger partial charge in [0.15, 0.2) is 0 Å². The van der Waals surface area contributed by atoms with Crippen molar-refractivity contribution in [2.75, 3.05) is 7.11 Å². The van der Waals surface area contributed by atoms with Gasteiger partial charge in [0.1, 0.15) is 5.75 Å². The Morgan fingerprint density at radius 3 is 2.78 bits per heavy atom. The number of methoxy groups -OCH3 is 1. The van der Waals surface area contributed by atoms with E-state index in [1.54, 1.807) is 7.11 Å². The van der Waals surface area contributed by atoms with Crippen LogP contribution in [0, 0.1) is 13.8 Å². The number of nitrogens with one attached hydrogen (secondary N) is 1. The predicted molar refractivity (Wildman–Crippen MR) is 92.1 cm³/mol. The van der Waals surface area contributed by atoms with Crippen molar-refractivity contribution in [3.05, 3.63) is 64.2 Å². The Balaban J connectivity index is 1.84. The lowest BCUT2D eigenvalue weighted by Gasteiger charge is -2.27. The second kappa shape index (κ2) is 6.45. The van der Waals surface area contributed by atoms with Gasteiger partial charge in [0.05, 0.1) is 13.2 Å². The fourth-order valence-corrected chi connectivity index (χ4v) is 3.28. The van der Waals surface area contributed by atoms with E-state index in [0.717, 1.165) is 41.7 Å². The van der Waals surface area contributed by atoms with E-state index >= 15 is 0 Å². The lowest BCUT2D eigenvalue weighted by atomic mass is 9.87. The Morgan fingerprint density at radius 1 is 1.17 bits per heavy atom. The number of hydrogen-bond donors (Lipinski definition) is 1. The molecule has 0 bridgehead atoms. The Labute approximate surface area is 137 Å². The molecule has 0 heterocycles. The SMILES string of the molecule is COc1ccc2c(c1)CCC[C@@H]2NC(=O)c1cc(C)ccc1C. The largest absolute Gasteiger partial charge is 0.497 e. The summed E-state index contributed by atoms with van der Waals surface area (Å²) in [6, 6.07) is 12.2. The number of benzene rings is 2. The van der Waals surface area contributed by atoms with E-state index < -0.39 is 0 Å². The maximum atomic E-state index is 12.7. The summed E-state index contributed by atoms with van der Waals surface area (Å²) in [5.41, 5.74) is 5.39. The molecule has 1 atom stereocenters. The Hall–Kier alpha value is -2.29. The Bertz CT molecular complexity index is 736. The van der Waals surface area contributed by atoms with Gasteiger partial charge < -0.3 is 10.1 Å². The van der Waals surface area contributed by atoms with Gasteiger partial charge in [-0.2, -0.15) is 0 Å². The van der Waals surface area contributed by atoms with Crippen molar-refractivity contribution in [1.29, 1.82) is 0 Å². The van der Waals surface area contributed by atoms with Crippen LogP contribution in [0.4, 0.5) is 0 Å². The molecule has 3 nitrogen and oxygen atoms in total. The number of rotatable bonds is 3. The second-order valence-electron chi connectivity index (χ2n) is 6.30. The molecule has 0 aromatic heterocycles. The monoisotopic (exact) mass is 309 g/mol. The van der Waals surface area contributed by atoms with E-state index in [-0.39, 0.29) is 11.9 Å². The van der Waals surface area contributed by atoms with E-state index in [4.69, 9.17) is 4.74 Å². The predicted octanol–water partition coefficient (Wildman–Crippen LogP) is 4.12. The van der Waals surface area contributed by atoms with Crippen LogP contribution in [0.15, 0.2) is 36.4 Å². The standard InChI is InChI=1S/C20H23NO2/c1-13-7-8-14(2)18(11-13)20(22)21-19-6-4-5-15-12-16(23-3)9-10-17(15)19/h7-12,19H,4-6H2,1-3H3,(H,21,22)/t19-/m0/s1. The lowest BCUT2D eigenvalue weighted by Crippen LogP contribution is -2.31. The van der Waals surface area contributed by atoms with Gasteiger partial charge in [-0.15, -0.1) is 0 Å². The third-order valence-electron chi connectivity index (χ3n) is 4.61. The maximum Gasteiger partial charge on any atom is 0.252 e. The molecule has 23 heavy (non-hydrogen) atoms. The lowest BCUT2D eigenvalue weighted by molar-refractivity contribution is 0.0932. The van der Waals surface area contributed by atoms with Crippen LogP contribution >= 0.6 is 0 Å². The zero-order valence-electron chi connectivity index (χ0n) is 14.0. The number of carbonyl (C=O) groups excluding carboxylic acids is 1. The van der Waals surface area contributed by atoms with Crippen molar-refractivity contribution < 1.29 is 9.53 Å². The smallest absolute Gasteiger partial charge is 0.252 e. The van der Waals surface area contributed by atoms with E-state index in [0.29, 0.717) is 0 Å². The molecule has 0 fully saturated rings. The van der Waals surface area contributed by atoms with Crippen LogP contribution in [0.25, 0.3) is 0 Å². The molecule has 1 aliphatic carbocycles. The quantitative estimate of drug-likeness (QED) is 0.926. The third-order valence-corrected chi connectivity index (χ3v) is 4.61. The summed E-state index contributed by atoms with van der Waals surface area (Å²) in [5.74, 6) is 0.894. The van der Waals surface area contributed by atoms with Crippen LogP contribution < -0.4 is 10.1 Å². The van der Waals surface area contributed by atoms with Crippen LogP contribution in [-0.2, 0) is 6.42 Å². The minimum absolute atomic E-state index is 0.0138. The van der Waals surface area contributed by atoms with Crippen molar-refractivity contribution >= 4 is 5.91 Å². The van der Waals surface area contributed by atoms with Gasteiger partial charge in [0, 0.05) is 5.56 Å². The van der Waals surface area contributed by atoms with Crippen molar-refractivity contribution in [2.45, 2.75) is 39.2 Å². The fourth-order valence-electron chi connectivity index (χ4n) is 3.28. The first-order valence-electron chi connectivity index (χ1n) is 8.13. The molecule has 1 N–H and O–H groups in total. The molecule has 0 spiro atoms. The summed E-state index contributed by atoms with van der Waals surface area (Å²) in [6.07, 6.45) is 3.11. The molecule has 0 aliphatic heterocycles. The zero-order valence-corrected chi connectivity index (χ0v) is 14.0. The van der Waals surface area contributed by atoms with Crippen LogP contribution in [0.2, 0.25) is 0 Å². The minimum atomic E-state index is 0.0138. The third kappa shape index (κ3) is 3.24.